The van der Waals surface area contributed by atoms with Crippen LogP contribution in [0.25, 0.3) is 0 Å². The second-order valence-electron chi connectivity index (χ2n) is 6.24. The number of carbonyl (C=O) groups excluding carboxylic acids is 1. The van der Waals surface area contributed by atoms with Crippen molar-refractivity contribution >= 4 is 21.6 Å². The van der Waals surface area contributed by atoms with Crippen LogP contribution in [-0.2, 0) is 21.2 Å². The zero-order valence-electron chi connectivity index (χ0n) is 16.3. The Hall–Kier alpha value is -2.74. The number of para-hydroxylation sites is 2. The summed E-state index contributed by atoms with van der Waals surface area (Å²) in [6.45, 7) is 0.149. The number of aryl methyl sites for hydroxylation is 1. The number of amides is 1. The zero-order valence-corrected chi connectivity index (χ0v) is 17.2. The number of anilines is 1. The number of methoxy groups -OCH3 is 2. The highest BCUT2D eigenvalue weighted by molar-refractivity contribution is 7.92. The van der Waals surface area contributed by atoms with E-state index in [0.717, 1.165) is 34.7 Å². The van der Waals surface area contributed by atoms with E-state index in [2.05, 4.69) is 5.32 Å². The Bertz CT molecular complexity index is 882. The molecule has 0 fully saturated rings. The van der Waals surface area contributed by atoms with Crippen molar-refractivity contribution < 1.29 is 22.7 Å². The number of nitrogens with zero attached hydrogens (tertiary/aromatic N) is 1. The van der Waals surface area contributed by atoms with Gasteiger partial charge in [0.1, 0.15) is 18.0 Å². The number of benzene rings is 2. The first-order chi connectivity index (χ1) is 13.3. The fourth-order valence-corrected chi connectivity index (χ4v) is 3.58. The van der Waals surface area contributed by atoms with E-state index in [-0.39, 0.29) is 12.5 Å². The van der Waals surface area contributed by atoms with E-state index in [0.29, 0.717) is 18.0 Å². The van der Waals surface area contributed by atoms with Gasteiger partial charge in [0.25, 0.3) is 0 Å². The molecule has 0 aliphatic rings. The smallest absolute Gasteiger partial charge is 0.240 e. The van der Waals surface area contributed by atoms with Crippen molar-refractivity contribution in [1.82, 2.24) is 5.32 Å². The standard InChI is InChI=1S/C20H26N2O5S/c1-26-17-12-10-16(11-13-17)7-6-14-21-20(23)15-22(28(3,24)25)18-8-4-5-9-19(18)27-2/h4-5,8-13H,6-7,14-15H2,1-3H3,(H,21,23). The lowest BCUT2D eigenvalue weighted by atomic mass is 10.1. The van der Waals surface area contributed by atoms with Crippen LogP contribution in [0.4, 0.5) is 5.69 Å². The van der Waals surface area contributed by atoms with E-state index in [1.807, 2.05) is 24.3 Å². The maximum Gasteiger partial charge on any atom is 0.240 e. The van der Waals surface area contributed by atoms with E-state index in [1.54, 1.807) is 31.4 Å². The van der Waals surface area contributed by atoms with E-state index in [1.165, 1.54) is 7.11 Å². The highest BCUT2D eigenvalue weighted by atomic mass is 32.2. The molecule has 28 heavy (non-hydrogen) atoms. The Morgan fingerprint density at radius 3 is 2.32 bits per heavy atom. The summed E-state index contributed by atoms with van der Waals surface area (Å²) >= 11 is 0. The molecular weight excluding hydrogens is 380 g/mol. The molecule has 0 bridgehead atoms. The Kier molecular flexibility index (Phi) is 7.69. The number of ether oxygens (including phenoxy) is 2. The van der Waals surface area contributed by atoms with Gasteiger partial charge in [-0.25, -0.2) is 8.42 Å². The molecule has 0 heterocycles. The fraction of sp³-hybridized carbons (Fsp3) is 0.350. The van der Waals surface area contributed by atoms with Crippen LogP contribution in [-0.4, -0.2) is 47.9 Å². The number of hydrogen-bond acceptors (Lipinski definition) is 5. The maximum atomic E-state index is 12.3. The monoisotopic (exact) mass is 406 g/mol. The van der Waals surface area contributed by atoms with Gasteiger partial charge in [-0.1, -0.05) is 24.3 Å². The van der Waals surface area contributed by atoms with Crippen molar-refractivity contribution in [2.24, 2.45) is 0 Å². The van der Waals surface area contributed by atoms with E-state index < -0.39 is 10.0 Å². The third-order valence-electron chi connectivity index (χ3n) is 4.16. The van der Waals surface area contributed by atoms with Gasteiger partial charge in [-0.05, 0) is 42.7 Å². The SMILES string of the molecule is COc1ccc(CCCNC(=O)CN(c2ccccc2OC)S(C)(=O)=O)cc1. The molecule has 1 N–H and O–H groups in total. The third-order valence-corrected chi connectivity index (χ3v) is 5.29. The molecule has 0 atom stereocenters. The topological polar surface area (TPSA) is 84.9 Å². The predicted octanol–water partition coefficient (Wildman–Crippen LogP) is 2.22. The Morgan fingerprint density at radius 1 is 1.04 bits per heavy atom. The van der Waals surface area contributed by atoms with Gasteiger partial charge in [0.05, 0.1) is 26.2 Å². The van der Waals surface area contributed by atoms with Crippen LogP contribution in [0, 0.1) is 0 Å². The average molecular weight is 407 g/mol. The van der Waals surface area contributed by atoms with Crippen LogP contribution in [0.5, 0.6) is 11.5 Å². The molecule has 1 amide bonds. The summed E-state index contributed by atoms with van der Waals surface area (Å²) in [4.78, 5) is 12.3. The van der Waals surface area contributed by atoms with Gasteiger partial charge < -0.3 is 14.8 Å². The summed E-state index contributed by atoms with van der Waals surface area (Å²) in [5, 5.41) is 2.77. The Balaban J connectivity index is 1.91. The van der Waals surface area contributed by atoms with Gasteiger partial charge in [0, 0.05) is 6.54 Å². The summed E-state index contributed by atoms with van der Waals surface area (Å²) in [6.07, 6.45) is 2.61. The molecule has 2 aromatic carbocycles. The molecule has 0 aliphatic carbocycles. The van der Waals surface area contributed by atoms with Gasteiger partial charge in [-0.2, -0.15) is 0 Å². The molecule has 0 spiro atoms. The normalized spacial score (nSPS) is 11.0. The van der Waals surface area contributed by atoms with Crippen LogP contribution in [0.3, 0.4) is 0 Å². The lowest BCUT2D eigenvalue weighted by Crippen LogP contribution is -2.40. The molecule has 0 saturated heterocycles. The minimum Gasteiger partial charge on any atom is -0.497 e. The van der Waals surface area contributed by atoms with Crippen LogP contribution in [0.1, 0.15) is 12.0 Å². The van der Waals surface area contributed by atoms with Gasteiger partial charge >= 0.3 is 0 Å². The van der Waals surface area contributed by atoms with Crippen molar-refractivity contribution in [1.29, 1.82) is 0 Å². The highest BCUT2D eigenvalue weighted by Gasteiger charge is 2.23. The van der Waals surface area contributed by atoms with Gasteiger partial charge in [0.2, 0.25) is 15.9 Å². The molecule has 0 aliphatic heterocycles. The number of hydrogen-bond donors (Lipinski definition) is 1. The third kappa shape index (κ3) is 6.16. The molecule has 0 saturated carbocycles. The molecule has 152 valence electrons. The fourth-order valence-electron chi connectivity index (χ4n) is 2.72. The molecule has 7 nitrogen and oxygen atoms in total. The Labute approximate surface area is 166 Å². The van der Waals surface area contributed by atoms with Gasteiger partial charge in [-0.3, -0.25) is 9.10 Å². The minimum absolute atomic E-state index is 0.304. The predicted molar refractivity (Wildman–Crippen MR) is 110 cm³/mol. The second-order valence-corrected chi connectivity index (χ2v) is 8.15. The molecule has 2 aromatic rings. The van der Waals surface area contributed by atoms with Crippen LogP contribution in [0.15, 0.2) is 48.5 Å². The first kappa shape index (κ1) is 21.6. The molecule has 2 rings (SSSR count). The van der Waals surface area contributed by atoms with Crippen LogP contribution >= 0.6 is 0 Å². The molecule has 0 aromatic heterocycles. The number of sulfonamides is 1. The van der Waals surface area contributed by atoms with Crippen molar-refractivity contribution in [2.75, 3.05) is 37.9 Å². The van der Waals surface area contributed by atoms with Crippen molar-refractivity contribution in [2.45, 2.75) is 12.8 Å². The Morgan fingerprint density at radius 2 is 1.71 bits per heavy atom. The van der Waals surface area contributed by atoms with Crippen molar-refractivity contribution in [3.63, 3.8) is 0 Å². The zero-order chi connectivity index (χ0) is 20.6. The second kappa shape index (κ2) is 9.98. The lowest BCUT2D eigenvalue weighted by Gasteiger charge is -2.23. The number of carbonyl (C=O) groups is 1. The number of nitrogens with one attached hydrogen (secondary N) is 1. The highest BCUT2D eigenvalue weighted by Crippen LogP contribution is 2.29. The van der Waals surface area contributed by atoms with Crippen molar-refractivity contribution in [3.05, 3.63) is 54.1 Å². The summed E-state index contributed by atoms with van der Waals surface area (Å²) in [5.74, 6) is 0.820. The summed E-state index contributed by atoms with van der Waals surface area (Å²) in [7, 11) is -0.568. The first-order valence-electron chi connectivity index (χ1n) is 8.85. The van der Waals surface area contributed by atoms with Crippen LogP contribution in [0.2, 0.25) is 0 Å². The maximum absolute atomic E-state index is 12.3. The van der Waals surface area contributed by atoms with Gasteiger partial charge in [-0.15, -0.1) is 0 Å². The quantitative estimate of drug-likeness (QED) is 0.612. The van der Waals surface area contributed by atoms with Gasteiger partial charge in [0.15, 0.2) is 0 Å². The van der Waals surface area contributed by atoms with E-state index in [9.17, 15) is 13.2 Å². The lowest BCUT2D eigenvalue weighted by molar-refractivity contribution is -0.119. The summed E-state index contributed by atoms with van der Waals surface area (Å²) < 4.78 is 35.8. The van der Waals surface area contributed by atoms with E-state index in [4.69, 9.17) is 9.47 Å². The van der Waals surface area contributed by atoms with Crippen molar-refractivity contribution in [3.8, 4) is 11.5 Å². The molecule has 0 unspecified atom stereocenters. The molecular formula is C20H26N2O5S. The van der Waals surface area contributed by atoms with E-state index >= 15 is 0 Å². The average Bonchev–Trinajstić information content (AvgIpc) is 2.69. The summed E-state index contributed by atoms with van der Waals surface area (Å²) in [6, 6.07) is 14.4. The first-order valence-corrected chi connectivity index (χ1v) is 10.7. The molecule has 8 heteroatoms. The largest absolute Gasteiger partial charge is 0.497 e. The number of rotatable bonds is 10. The minimum atomic E-state index is -3.65. The summed E-state index contributed by atoms with van der Waals surface area (Å²) in [5.41, 5.74) is 1.47. The molecule has 0 radical (unpaired) electrons. The van der Waals surface area contributed by atoms with Crippen LogP contribution < -0.4 is 19.1 Å².